The first-order chi connectivity index (χ1) is 27.2. The molecule has 0 radical (unpaired) electrons. The molecule has 0 saturated carbocycles. The molecule has 0 saturated heterocycles. The Morgan fingerprint density at radius 2 is 1.51 bits per heavy atom. The maximum absolute atomic E-state index is 3.87. The molecule has 5 aromatic carbocycles. The molecule has 2 unspecified atom stereocenters. The zero-order valence-corrected chi connectivity index (χ0v) is 30.7. The molecule has 11 rings (SSSR count). The second kappa shape index (κ2) is 12.7. The molecule has 4 heterocycles. The third-order valence-corrected chi connectivity index (χ3v) is 11.9. The quantitative estimate of drug-likeness (QED) is 0.184. The van der Waals surface area contributed by atoms with Gasteiger partial charge in [0.1, 0.15) is 0 Å². The van der Waals surface area contributed by atoms with Gasteiger partial charge in [-0.15, -0.1) is 0 Å². The molecule has 5 aliphatic rings. The summed E-state index contributed by atoms with van der Waals surface area (Å²) in [4.78, 5) is 4.88. The predicted molar refractivity (Wildman–Crippen MR) is 232 cm³/mol. The van der Waals surface area contributed by atoms with Crippen molar-refractivity contribution in [2.24, 2.45) is 0 Å². The van der Waals surface area contributed by atoms with E-state index < -0.39 is 0 Å². The Hall–Kier alpha value is -6.78. The largest absolute Gasteiger partial charge is 0.374 e. The molecule has 6 aromatic rings. The predicted octanol–water partition coefficient (Wildman–Crippen LogP) is 12.0. The lowest BCUT2D eigenvalue weighted by Crippen LogP contribution is -2.34. The van der Waals surface area contributed by atoms with Gasteiger partial charge in [0.2, 0.25) is 0 Å². The fraction of sp³-hybridized carbons (Fsp3) is 0.0980. The number of nitrogens with one attached hydrogen (secondary N) is 1. The summed E-state index contributed by atoms with van der Waals surface area (Å²) in [7, 11) is 2.25. The summed E-state index contributed by atoms with van der Waals surface area (Å²) in [6, 6.07) is 40.6. The topological polar surface area (TPSA) is 23.4 Å². The van der Waals surface area contributed by atoms with E-state index in [2.05, 4.69) is 209 Å². The molecular formula is C51H40N4. The normalized spacial score (nSPS) is 19.4. The molecule has 264 valence electrons. The van der Waals surface area contributed by atoms with Gasteiger partial charge in [-0.3, -0.25) is 0 Å². The number of aromatic nitrogens is 1. The number of allylic oxidation sites excluding steroid dienone is 7. The fourth-order valence-corrected chi connectivity index (χ4v) is 9.22. The fourth-order valence-electron chi connectivity index (χ4n) is 9.22. The van der Waals surface area contributed by atoms with Crippen LogP contribution in [0.3, 0.4) is 0 Å². The van der Waals surface area contributed by atoms with Crippen molar-refractivity contribution in [2.75, 3.05) is 11.9 Å². The number of dihydropyridines is 1. The second-order valence-corrected chi connectivity index (χ2v) is 15.0. The van der Waals surface area contributed by atoms with Crippen LogP contribution in [0.25, 0.3) is 51.0 Å². The van der Waals surface area contributed by atoms with Gasteiger partial charge in [-0.2, -0.15) is 0 Å². The molecular weight excluding hydrogens is 669 g/mol. The Morgan fingerprint density at radius 3 is 2.45 bits per heavy atom. The highest BCUT2D eigenvalue weighted by Gasteiger charge is 2.28. The number of hydrogen-bond acceptors (Lipinski definition) is 3. The minimum Gasteiger partial charge on any atom is -0.374 e. The van der Waals surface area contributed by atoms with Crippen LogP contribution >= 0.6 is 0 Å². The molecule has 2 aliphatic carbocycles. The minimum atomic E-state index is 0.145. The van der Waals surface area contributed by atoms with Gasteiger partial charge in [0.25, 0.3) is 0 Å². The molecule has 1 aromatic heterocycles. The highest BCUT2D eigenvalue weighted by atomic mass is 15.2. The van der Waals surface area contributed by atoms with E-state index in [1.807, 2.05) is 0 Å². The van der Waals surface area contributed by atoms with Crippen LogP contribution in [0.4, 0.5) is 17.1 Å². The SMILES string of the molecule is CN1C(c2cc(C3=CC=C4C=CC=CC4N3)cc(-n3c4ccccc4c4ccc5c(c43)C=Cc3ccccc3N5c3ccccc3)c2)=CC=C2CCC=CC21. The average molecular weight is 709 g/mol. The zero-order chi connectivity index (χ0) is 36.5. The maximum Gasteiger partial charge on any atom is 0.0701 e. The van der Waals surface area contributed by atoms with Crippen LogP contribution in [0.5, 0.6) is 0 Å². The lowest BCUT2D eigenvalue weighted by atomic mass is 9.90. The van der Waals surface area contributed by atoms with Crippen molar-refractivity contribution >= 4 is 62.4 Å². The van der Waals surface area contributed by atoms with Crippen LogP contribution in [0, 0.1) is 0 Å². The third-order valence-electron chi connectivity index (χ3n) is 11.9. The summed E-state index contributed by atoms with van der Waals surface area (Å²) in [5.41, 5.74) is 16.8. The van der Waals surface area contributed by atoms with Gasteiger partial charge in [0.05, 0.1) is 34.5 Å². The Kier molecular flexibility index (Phi) is 7.31. The molecule has 3 aliphatic heterocycles. The zero-order valence-electron chi connectivity index (χ0n) is 30.7. The van der Waals surface area contributed by atoms with E-state index in [0.717, 1.165) is 41.2 Å². The van der Waals surface area contributed by atoms with Gasteiger partial charge in [0.15, 0.2) is 0 Å². The average Bonchev–Trinajstić information content (AvgIpc) is 3.48. The number of anilines is 3. The molecule has 0 spiro atoms. The van der Waals surface area contributed by atoms with Crippen LogP contribution in [0.15, 0.2) is 181 Å². The summed E-state index contributed by atoms with van der Waals surface area (Å²) in [6.45, 7) is 0. The second-order valence-electron chi connectivity index (χ2n) is 15.0. The van der Waals surface area contributed by atoms with Crippen LogP contribution < -0.4 is 10.2 Å². The molecule has 0 amide bonds. The summed E-state index contributed by atoms with van der Waals surface area (Å²) < 4.78 is 2.51. The van der Waals surface area contributed by atoms with Crippen LogP contribution in [0.2, 0.25) is 0 Å². The summed E-state index contributed by atoms with van der Waals surface area (Å²) >= 11 is 0. The van der Waals surface area contributed by atoms with E-state index in [1.54, 1.807) is 0 Å². The maximum atomic E-state index is 3.87. The monoisotopic (exact) mass is 708 g/mol. The smallest absolute Gasteiger partial charge is 0.0701 e. The third kappa shape index (κ3) is 5.13. The lowest BCUT2D eigenvalue weighted by molar-refractivity contribution is 0.425. The van der Waals surface area contributed by atoms with Crippen molar-refractivity contribution in [3.05, 3.63) is 203 Å². The van der Waals surface area contributed by atoms with E-state index in [0.29, 0.717) is 0 Å². The van der Waals surface area contributed by atoms with Crippen molar-refractivity contribution < 1.29 is 0 Å². The highest BCUT2D eigenvalue weighted by molar-refractivity contribution is 6.15. The van der Waals surface area contributed by atoms with Crippen molar-refractivity contribution in [1.82, 2.24) is 14.8 Å². The molecule has 4 nitrogen and oxygen atoms in total. The number of hydrogen-bond donors (Lipinski definition) is 1. The first kappa shape index (κ1) is 31.7. The molecule has 2 atom stereocenters. The standard InChI is InChI=1S/C51H40N4/c1-53-46-20-10-6-14-35(46)25-29-47(53)38-31-37(45-28-24-34-13-5-9-19-44(34)52-45)32-40(33-38)55-49-22-12-8-18-41(49)42-27-30-50-43(51(42)55)26-23-36-15-7-11-21-48(36)54(50)39-16-3-2-4-17-39/h2-5,7-13,15-33,44,46,52H,6,14H2,1H3. The first-order valence-electron chi connectivity index (χ1n) is 19.4. The van der Waals surface area contributed by atoms with Crippen molar-refractivity contribution in [1.29, 1.82) is 0 Å². The number of likely N-dealkylation sites (N-methyl/N-ethyl adjacent to an activating group) is 1. The summed E-state index contributed by atoms with van der Waals surface area (Å²) in [5.74, 6) is 0. The lowest BCUT2D eigenvalue weighted by Gasteiger charge is -2.37. The van der Waals surface area contributed by atoms with E-state index in [1.165, 1.54) is 61.0 Å². The Balaban J connectivity index is 1.19. The number of nitrogens with zero attached hydrogens (tertiary/aromatic N) is 3. The van der Waals surface area contributed by atoms with Gasteiger partial charge < -0.3 is 19.7 Å². The summed E-state index contributed by atoms with van der Waals surface area (Å²) in [6.07, 6.45) is 29.5. The highest BCUT2D eigenvalue weighted by Crippen LogP contribution is 2.47. The number of rotatable bonds is 4. The molecule has 1 N–H and O–H groups in total. The Bertz CT molecular complexity index is 2820. The van der Waals surface area contributed by atoms with Crippen LogP contribution in [-0.2, 0) is 0 Å². The van der Waals surface area contributed by atoms with Crippen LogP contribution in [0.1, 0.15) is 35.1 Å². The number of benzene rings is 5. The Morgan fingerprint density at radius 1 is 0.655 bits per heavy atom. The van der Waals surface area contributed by atoms with Gasteiger partial charge in [0, 0.05) is 57.3 Å². The van der Waals surface area contributed by atoms with E-state index >= 15 is 0 Å². The van der Waals surface area contributed by atoms with Crippen LogP contribution in [-0.4, -0.2) is 28.6 Å². The van der Waals surface area contributed by atoms with E-state index in [4.69, 9.17) is 0 Å². The molecule has 55 heavy (non-hydrogen) atoms. The minimum absolute atomic E-state index is 0.145. The molecule has 0 fully saturated rings. The van der Waals surface area contributed by atoms with Gasteiger partial charge in [-0.1, -0.05) is 121 Å². The first-order valence-corrected chi connectivity index (χ1v) is 19.4. The molecule has 0 bridgehead atoms. The summed E-state index contributed by atoms with van der Waals surface area (Å²) in [5, 5.41) is 6.35. The van der Waals surface area contributed by atoms with Crippen molar-refractivity contribution in [2.45, 2.75) is 24.9 Å². The Labute approximate surface area is 322 Å². The van der Waals surface area contributed by atoms with Gasteiger partial charge in [-0.05, 0) is 90.2 Å². The van der Waals surface area contributed by atoms with E-state index in [-0.39, 0.29) is 12.1 Å². The van der Waals surface area contributed by atoms with Gasteiger partial charge >= 0.3 is 0 Å². The van der Waals surface area contributed by atoms with Gasteiger partial charge in [-0.25, -0.2) is 0 Å². The molecule has 4 heteroatoms. The number of fused-ring (bicyclic) bond motifs is 8. The van der Waals surface area contributed by atoms with Crippen molar-refractivity contribution in [3.63, 3.8) is 0 Å². The van der Waals surface area contributed by atoms with Crippen molar-refractivity contribution in [3.8, 4) is 5.69 Å². The number of para-hydroxylation sites is 3. The van der Waals surface area contributed by atoms with E-state index in [9.17, 15) is 0 Å².